The fourth-order valence-corrected chi connectivity index (χ4v) is 1.65. The third-order valence-corrected chi connectivity index (χ3v) is 2.46. The molecule has 18 heavy (non-hydrogen) atoms. The van der Waals surface area contributed by atoms with Crippen LogP contribution in [0.5, 0.6) is 0 Å². The van der Waals surface area contributed by atoms with Crippen LogP contribution in [0.1, 0.15) is 12.5 Å². The van der Waals surface area contributed by atoms with Crippen LogP contribution in [-0.2, 0) is 9.53 Å². The molecule has 0 fully saturated rings. The molecule has 4 nitrogen and oxygen atoms in total. The van der Waals surface area contributed by atoms with Gasteiger partial charge in [-0.25, -0.2) is 4.79 Å². The second-order valence-corrected chi connectivity index (χ2v) is 3.77. The number of hydrogen-bond acceptors (Lipinski definition) is 4. The van der Waals surface area contributed by atoms with E-state index in [1.165, 1.54) is 6.08 Å². The maximum Gasteiger partial charge on any atom is 0.330 e. The number of carbonyl (C=O) groups excluding carboxylic acids is 1. The summed E-state index contributed by atoms with van der Waals surface area (Å²) in [6.07, 6.45) is 4.74. The molecular weight excluding hydrogens is 228 g/mol. The molecule has 0 aliphatic heterocycles. The number of ether oxygens (including phenoxy) is 1. The summed E-state index contributed by atoms with van der Waals surface area (Å²) in [7, 11) is 0. The van der Waals surface area contributed by atoms with Crippen molar-refractivity contribution in [1.29, 1.82) is 0 Å². The van der Waals surface area contributed by atoms with Gasteiger partial charge in [0.2, 0.25) is 0 Å². The van der Waals surface area contributed by atoms with E-state index in [1.54, 1.807) is 19.2 Å². The number of nitrogens with two attached hydrogens (primary N) is 1. The Kier molecular flexibility index (Phi) is 3.57. The Morgan fingerprint density at radius 2 is 2.33 bits per heavy atom. The lowest BCUT2D eigenvalue weighted by Gasteiger charge is -2.01. The van der Waals surface area contributed by atoms with Crippen LogP contribution in [0.3, 0.4) is 0 Å². The van der Waals surface area contributed by atoms with Gasteiger partial charge in [-0.05, 0) is 30.7 Å². The zero-order chi connectivity index (χ0) is 13.0. The van der Waals surface area contributed by atoms with Crippen LogP contribution in [0, 0.1) is 0 Å². The van der Waals surface area contributed by atoms with Gasteiger partial charge < -0.3 is 10.5 Å². The molecule has 0 spiro atoms. The molecule has 0 atom stereocenters. The molecule has 0 radical (unpaired) electrons. The summed E-state index contributed by atoms with van der Waals surface area (Å²) in [5.74, 6) is -0.356. The van der Waals surface area contributed by atoms with Gasteiger partial charge in [0.25, 0.3) is 0 Å². The Balaban J connectivity index is 2.28. The first-order chi connectivity index (χ1) is 8.70. The number of hydrogen-bond donors (Lipinski definition) is 1. The lowest BCUT2D eigenvalue weighted by molar-refractivity contribution is -0.137. The fraction of sp³-hybridized carbons (Fsp3) is 0.143. The van der Waals surface area contributed by atoms with Gasteiger partial charge >= 0.3 is 5.97 Å². The van der Waals surface area contributed by atoms with Crippen LogP contribution < -0.4 is 5.73 Å². The average Bonchev–Trinajstić information content (AvgIpc) is 2.37. The molecule has 1 aromatic carbocycles. The van der Waals surface area contributed by atoms with Crippen molar-refractivity contribution in [2.24, 2.45) is 0 Å². The molecule has 2 aromatic rings. The van der Waals surface area contributed by atoms with Crippen molar-refractivity contribution in [2.45, 2.75) is 6.92 Å². The van der Waals surface area contributed by atoms with Crippen LogP contribution in [0.25, 0.3) is 17.0 Å². The Labute approximate surface area is 105 Å². The molecule has 0 amide bonds. The van der Waals surface area contributed by atoms with Gasteiger partial charge in [-0.1, -0.05) is 12.1 Å². The molecule has 0 aliphatic rings. The lowest BCUT2D eigenvalue weighted by Crippen LogP contribution is -1.98. The summed E-state index contributed by atoms with van der Waals surface area (Å²) in [4.78, 5) is 15.5. The number of fused-ring (bicyclic) bond motifs is 1. The fourth-order valence-electron chi connectivity index (χ4n) is 1.65. The molecule has 0 saturated carbocycles. The first kappa shape index (κ1) is 12.1. The summed E-state index contributed by atoms with van der Waals surface area (Å²) < 4.78 is 4.80. The van der Waals surface area contributed by atoms with E-state index in [2.05, 4.69) is 4.98 Å². The van der Waals surface area contributed by atoms with Crippen molar-refractivity contribution in [3.8, 4) is 0 Å². The van der Waals surface area contributed by atoms with E-state index >= 15 is 0 Å². The van der Waals surface area contributed by atoms with Crippen LogP contribution in [0.2, 0.25) is 0 Å². The van der Waals surface area contributed by atoms with Crippen LogP contribution in [0.4, 0.5) is 5.69 Å². The molecule has 0 unspecified atom stereocenters. The normalized spacial score (nSPS) is 10.9. The Morgan fingerprint density at radius 3 is 3.11 bits per heavy atom. The Hall–Kier alpha value is -2.36. The Bertz CT molecular complexity index is 606. The summed E-state index contributed by atoms with van der Waals surface area (Å²) in [5, 5.41) is 0.945. The smallest absolute Gasteiger partial charge is 0.330 e. The zero-order valence-corrected chi connectivity index (χ0v) is 10.1. The number of pyridine rings is 1. The van der Waals surface area contributed by atoms with Crippen LogP contribution >= 0.6 is 0 Å². The van der Waals surface area contributed by atoms with Crippen LogP contribution in [0.15, 0.2) is 36.5 Å². The molecule has 4 heteroatoms. The van der Waals surface area contributed by atoms with Gasteiger partial charge in [-0.2, -0.15) is 0 Å². The zero-order valence-electron chi connectivity index (χ0n) is 10.1. The largest absolute Gasteiger partial charge is 0.463 e. The highest BCUT2D eigenvalue weighted by atomic mass is 16.5. The van der Waals surface area contributed by atoms with E-state index in [-0.39, 0.29) is 5.97 Å². The third kappa shape index (κ3) is 2.66. The molecule has 2 N–H and O–H groups in total. The minimum absolute atomic E-state index is 0.356. The van der Waals surface area contributed by atoms with Crippen molar-refractivity contribution in [1.82, 2.24) is 4.98 Å². The topological polar surface area (TPSA) is 65.2 Å². The standard InChI is InChI=1S/C14H14N2O2/c1-2-18-13(17)7-6-10-8-11-4-3-5-12(15)14(11)16-9-10/h3-9H,2,15H2,1H3. The molecule has 92 valence electrons. The van der Waals surface area contributed by atoms with E-state index in [0.717, 1.165) is 16.5 Å². The van der Waals surface area contributed by atoms with Gasteiger partial charge in [0.15, 0.2) is 0 Å². The van der Waals surface area contributed by atoms with Crippen molar-refractivity contribution in [3.05, 3.63) is 42.1 Å². The van der Waals surface area contributed by atoms with Crippen molar-refractivity contribution in [3.63, 3.8) is 0 Å². The maximum atomic E-state index is 11.2. The molecule has 0 aliphatic carbocycles. The number of para-hydroxylation sites is 1. The predicted molar refractivity (Wildman–Crippen MR) is 71.8 cm³/mol. The molecular formula is C14H14N2O2. The number of aromatic nitrogens is 1. The first-order valence-electron chi connectivity index (χ1n) is 5.70. The highest BCUT2D eigenvalue weighted by Crippen LogP contribution is 2.19. The second kappa shape index (κ2) is 5.31. The van der Waals surface area contributed by atoms with Crippen molar-refractivity contribution in [2.75, 3.05) is 12.3 Å². The maximum absolute atomic E-state index is 11.2. The summed E-state index contributed by atoms with van der Waals surface area (Å²) in [5.41, 5.74) is 8.06. The predicted octanol–water partition coefficient (Wildman–Crippen LogP) is 2.39. The number of nitrogen functional groups attached to an aromatic ring is 1. The average molecular weight is 242 g/mol. The molecule has 0 saturated heterocycles. The van der Waals surface area contributed by atoms with E-state index in [9.17, 15) is 4.79 Å². The van der Waals surface area contributed by atoms with Crippen LogP contribution in [-0.4, -0.2) is 17.6 Å². The molecule has 1 aromatic heterocycles. The number of esters is 1. The minimum atomic E-state index is -0.356. The highest BCUT2D eigenvalue weighted by Gasteiger charge is 2.00. The van der Waals surface area contributed by atoms with E-state index in [0.29, 0.717) is 12.3 Å². The number of nitrogens with zero attached hydrogens (tertiary/aromatic N) is 1. The number of benzene rings is 1. The van der Waals surface area contributed by atoms with Gasteiger partial charge in [0.1, 0.15) is 0 Å². The third-order valence-electron chi connectivity index (χ3n) is 2.46. The van der Waals surface area contributed by atoms with E-state index < -0.39 is 0 Å². The summed E-state index contributed by atoms with van der Waals surface area (Å²) in [6, 6.07) is 7.54. The summed E-state index contributed by atoms with van der Waals surface area (Å²) in [6.45, 7) is 2.14. The molecule has 2 rings (SSSR count). The number of carbonyl (C=O) groups is 1. The van der Waals surface area contributed by atoms with Gasteiger partial charge in [0, 0.05) is 17.7 Å². The molecule has 0 bridgehead atoms. The van der Waals surface area contributed by atoms with Gasteiger partial charge in [-0.15, -0.1) is 0 Å². The quantitative estimate of drug-likeness (QED) is 0.510. The number of anilines is 1. The highest BCUT2D eigenvalue weighted by molar-refractivity contribution is 5.91. The van der Waals surface area contributed by atoms with Crippen molar-refractivity contribution < 1.29 is 9.53 Å². The first-order valence-corrected chi connectivity index (χ1v) is 5.70. The monoisotopic (exact) mass is 242 g/mol. The lowest BCUT2D eigenvalue weighted by atomic mass is 10.1. The number of rotatable bonds is 3. The SMILES string of the molecule is CCOC(=O)C=Cc1cnc2c(N)cccc2c1. The minimum Gasteiger partial charge on any atom is -0.463 e. The Morgan fingerprint density at radius 1 is 1.50 bits per heavy atom. The van der Waals surface area contributed by atoms with Crippen molar-refractivity contribution >= 4 is 28.6 Å². The van der Waals surface area contributed by atoms with E-state index in [4.69, 9.17) is 10.5 Å². The second-order valence-electron chi connectivity index (χ2n) is 3.77. The molecule has 1 heterocycles. The van der Waals surface area contributed by atoms with Gasteiger partial charge in [0.05, 0.1) is 17.8 Å². The van der Waals surface area contributed by atoms with Gasteiger partial charge in [-0.3, -0.25) is 4.98 Å². The summed E-state index contributed by atoms with van der Waals surface area (Å²) >= 11 is 0. The van der Waals surface area contributed by atoms with E-state index in [1.807, 2.05) is 24.3 Å².